The number of aromatic nitrogens is 2. The number of likely N-dealkylation sites (N-methyl/N-ethyl adjacent to an activating group) is 1. The van der Waals surface area contributed by atoms with E-state index in [1.165, 1.54) is 4.90 Å². The van der Waals surface area contributed by atoms with E-state index in [1.54, 1.807) is 41.9 Å². The summed E-state index contributed by atoms with van der Waals surface area (Å²) in [6.07, 6.45) is 2.40. The molecule has 0 saturated carbocycles. The number of primary amides is 1. The van der Waals surface area contributed by atoms with E-state index >= 15 is 0 Å². The predicted octanol–water partition coefficient (Wildman–Crippen LogP) is 1.80. The molecule has 0 saturated heterocycles. The summed E-state index contributed by atoms with van der Waals surface area (Å²) in [5, 5.41) is 0. The second kappa shape index (κ2) is 8.43. The summed E-state index contributed by atoms with van der Waals surface area (Å²) in [6.45, 7) is 1.60. The van der Waals surface area contributed by atoms with Gasteiger partial charge in [0.1, 0.15) is 11.6 Å². The number of imidazole rings is 1. The monoisotopic (exact) mass is 382 g/mol. The second-order valence-corrected chi connectivity index (χ2v) is 6.11. The van der Waals surface area contributed by atoms with E-state index in [1.807, 2.05) is 25.1 Å². The van der Waals surface area contributed by atoms with Crippen molar-refractivity contribution in [3.63, 3.8) is 0 Å². The number of amides is 2. The van der Waals surface area contributed by atoms with Gasteiger partial charge in [-0.05, 0) is 30.7 Å². The lowest BCUT2D eigenvalue weighted by Gasteiger charge is -2.18. The Morgan fingerprint density at radius 3 is 2.54 bits per heavy atom. The van der Waals surface area contributed by atoms with E-state index < -0.39 is 5.91 Å². The number of anilines is 1. The van der Waals surface area contributed by atoms with Crippen molar-refractivity contribution < 1.29 is 19.1 Å². The van der Waals surface area contributed by atoms with Crippen molar-refractivity contribution in [1.29, 1.82) is 0 Å². The van der Waals surface area contributed by atoms with E-state index in [-0.39, 0.29) is 19.1 Å². The van der Waals surface area contributed by atoms with E-state index in [9.17, 15) is 9.59 Å². The lowest BCUT2D eigenvalue weighted by molar-refractivity contribution is -0.120. The lowest BCUT2D eigenvalue weighted by atomic mass is 10.3. The Kier molecular flexibility index (Phi) is 5.78. The van der Waals surface area contributed by atoms with Crippen LogP contribution < -0.4 is 20.1 Å². The van der Waals surface area contributed by atoms with Gasteiger partial charge in [-0.1, -0.05) is 25.1 Å². The third-order valence-electron chi connectivity index (χ3n) is 4.16. The first-order chi connectivity index (χ1) is 13.5. The number of carbonyl (C=O) groups is 2. The van der Waals surface area contributed by atoms with Gasteiger partial charge < -0.3 is 15.2 Å². The summed E-state index contributed by atoms with van der Waals surface area (Å²) in [5.41, 5.74) is 6.40. The molecule has 2 amide bonds. The van der Waals surface area contributed by atoms with Crippen LogP contribution in [0.5, 0.6) is 11.5 Å². The standard InChI is InChI=1S/C20H22N4O4/c1-3-15-20(23(2)18(26)13-27-14-8-5-4-6-9-14)24-11-7-10-16(19(24)22-15)28-12-17(21)25/h4-11H,3,12-13H2,1-2H3,(H2,21,25). The topological polar surface area (TPSA) is 99.2 Å². The molecule has 0 radical (unpaired) electrons. The Balaban J connectivity index is 1.87. The van der Waals surface area contributed by atoms with Crippen LogP contribution in [0.3, 0.4) is 0 Å². The van der Waals surface area contributed by atoms with Crippen molar-refractivity contribution in [3.8, 4) is 11.5 Å². The van der Waals surface area contributed by atoms with Gasteiger partial charge in [-0.15, -0.1) is 0 Å². The SMILES string of the molecule is CCc1nc2c(OCC(N)=O)cccn2c1N(C)C(=O)COc1ccccc1. The number of rotatable bonds is 8. The molecule has 28 heavy (non-hydrogen) atoms. The quantitative estimate of drug-likeness (QED) is 0.640. The van der Waals surface area contributed by atoms with Crippen molar-refractivity contribution >= 4 is 23.3 Å². The average molecular weight is 382 g/mol. The van der Waals surface area contributed by atoms with Gasteiger partial charge in [-0.3, -0.25) is 18.9 Å². The molecule has 2 aromatic heterocycles. The molecule has 0 aliphatic carbocycles. The highest BCUT2D eigenvalue weighted by Gasteiger charge is 2.22. The first kappa shape index (κ1) is 19.2. The summed E-state index contributed by atoms with van der Waals surface area (Å²) in [6, 6.07) is 12.6. The highest BCUT2D eigenvalue weighted by atomic mass is 16.5. The first-order valence-corrected chi connectivity index (χ1v) is 8.86. The van der Waals surface area contributed by atoms with Crippen LogP contribution in [0.15, 0.2) is 48.7 Å². The number of fused-ring (bicyclic) bond motifs is 1. The average Bonchev–Trinajstić information content (AvgIpc) is 3.09. The molecule has 2 N–H and O–H groups in total. The number of carbonyl (C=O) groups excluding carboxylic acids is 2. The summed E-state index contributed by atoms with van der Waals surface area (Å²) >= 11 is 0. The maximum absolute atomic E-state index is 12.7. The fraction of sp³-hybridized carbons (Fsp3) is 0.250. The zero-order valence-electron chi connectivity index (χ0n) is 15.8. The molecule has 1 aromatic carbocycles. The zero-order valence-corrected chi connectivity index (χ0v) is 15.8. The number of aryl methyl sites for hydroxylation is 1. The Bertz CT molecular complexity index is 985. The Morgan fingerprint density at radius 2 is 1.86 bits per heavy atom. The molecular weight excluding hydrogens is 360 g/mol. The third-order valence-corrected chi connectivity index (χ3v) is 4.16. The van der Waals surface area contributed by atoms with Crippen molar-refractivity contribution in [3.05, 3.63) is 54.4 Å². The molecule has 0 atom stereocenters. The summed E-state index contributed by atoms with van der Waals surface area (Å²) < 4.78 is 12.8. The summed E-state index contributed by atoms with van der Waals surface area (Å²) in [7, 11) is 1.68. The Labute approximate surface area is 162 Å². The molecule has 0 unspecified atom stereocenters. The van der Waals surface area contributed by atoms with Gasteiger partial charge in [0.15, 0.2) is 24.6 Å². The van der Waals surface area contributed by atoms with Gasteiger partial charge in [0, 0.05) is 13.2 Å². The van der Waals surface area contributed by atoms with Crippen LogP contribution in [-0.4, -0.2) is 41.5 Å². The van der Waals surface area contributed by atoms with Crippen LogP contribution in [-0.2, 0) is 16.0 Å². The molecule has 0 fully saturated rings. The number of hydrogen-bond donors (Lipinski definition) is 1. The Morgan fingerprint density at radius 1 is 1.11 bits per heavy atom. The molecule has 0 aliphatic rings. The van der Waals surface area contributed by atoms with Crippen LogP contribution in [0.2, 0.25) is 0 Å². The van der Waals surface area contributed by atoms with Crippen LogP contribution in [0.25, 0.3) is 5.65 Å². The van der Waals surface area contributed by atoms with Gasteiger partial charge >= 0.3 is 0 Å². The number of nitrogens with zero attached hydrogens (tertiary/aromatic N) is 3. The van der Waals surface area contributed by atoms with Gasteiger partial charge in [0.25, 0.3) is 11.8 Å². The summed E-state index contributed by atoms with van der Waals surface area (Å²) in [4.78, 5) is 29.8. The fourth-order valence-electron chi connectivity index (χ4n) is 2.81. The first-order valence-electron chi connectivity index (χ1n) is 8.86. The van der Waals surface area contributed by atoms with Gasteiger partial charge in [0.2, 0.25) is 0 Å². The van der Waals surface area contributed by atoms with Gasteiger partial charge in [-0.25, -0.2) is 4.98 Å². The molecular formula is C20H22N4O4. The molecule has 0 bridgehead atoms. The molecule has 8 nitrogen and oxygen atoms in total. The molecule has 8 heteroatoms. The number of ether oxygens (including phenoxy) is 2. The number of para-hydroxylation sites is 1. The van der Waals surface area contributed by atoms with E-state index in [0.29, 0.717) is 29.4 Å². The zero-order chi connectivity index (χ0) is 20.1. The van der Waals surface area contributed by atoms with Gasteiger partial charge in [-0.2, -0.15) is 0 Å². The molecule has 0 spiro atoms. The van der Waals surface area contributed by atoms with Crippen LogP contribution >= 0.6 is 0 Å². The van der Waals surface area contributed by atoms with Crippen LogP contribution in [0.1, 0.15) is 12.6 Å². The minimum absolute atomic E-state index is 0.102. The van der Waals surface area contributed by atoms with Crippen LogP contribution in [0, 0.1) is 0 Å². The predicted molar refractivity (Wildman–Crippen MR) is 105 cm³/mol. The Hall–Kier alpha value is -3.55. The molecule has 146 valence electrons. The molecule has 2 heterocycles. The van der Waals surface area contributed by atoms with E-state index in [4.69, 9.17) is 15.2 Å². The molecule has 0 aliphatic heterocycles. The van der Waals surface area contributed by atoms with E-state index in [2.05, 4.69) is 4.98 Å². The molecule has 3 aromatic rings. The van der Waals surface area contributed by atoms with Gasteiger partial charge in [0.05, 0.1) is 5.69 Å². The number of nitrogens with two attached hydrogens (primary N) is 1. The summed E-state index contributed by atoms with van der Waals surface area (Å²) in [5.74, 6) is 0.881. The number of benzene rings is 1. The normalized spacial score (nSPS) is 10.6. The highest BCUT2D eigenvalue weighted by molar-refractivity contribution is 5.94. The van der Waals surface area contributed by atoms with Crippen molar-refractivity contribution in [2.24, 2.45) is 5.73 Å². The lowest BCUT2D eigenvalue weighted by Crippen LogP contribution is -2.32. The largest absolute Gasteiger partial charge is 0.484 e. The van der Waals surface area contributed by atoms with Crippen molar-refractivity contribution in [1.82, 2.24) is 9.38 Å². The number of pyridine rings is 1. The fourth-order valence-corrected chi connectivity index (χ4v) is 2.81. The maximum Gasteiger partial charge on any atom is 0.265 e. The number of hydrogen-bond acceptors (Lipinski definition) is 5. The smallest absolute Gasteiger partial charge is 0.265 e. The van der Waals surface area contributed by atoms with Crippen molar-refractivity contribution in [2.75, 3.05) is 25.2 Å². The third kappa shape index (κ3) is 4.06. The minimum Gasteiger partial charge on any atom is -0.484 e. The minimum atomic E-state index is -0.574. The highest BCUT2D eigenvalue weighted by Crippen LogP contribution is 2.28. The van der Waals surface area contributed by atoms with Crippen molar-refractivity contribution in [2.45, 2.75) is 13.3 Å². The molecule has 3 rings (SSSR count). The van der Waals surface area contributed by atoms with E-state index in [0.717, 1.165) is 5.69 Å². The van der Waals surface area contributed by atoms with Crippen LogP contribution in [0.4, 0.5) is 5.82 Å². The second-order valence-electron chi connectivity index (χ2n) is 6.11. The maximum atomic E-state index is 12.7.